The molecule has 5 heteroatoms. The first-order valence-electron chi connectivity index (χ1n) is 7.67. The number of aliphatic hydroxyl groups is 1. The maximum absolute atomic E-state index is 12.0. The maximum atomic E-state index is 12.0. The van der Waals surface area contributed by atoms with Gasteiger partial charge in [0.25, 0.3) is 0 Å². The third-order valence-corrected chi connectivity index (χ3v) is 3.81. The summed E-state index contributed by atoms with van der Waals surface area (Å²) >= 11 is 0. The molecule has 0 saturated heterocycles. The highest BCUT2D eigenvalue weighted by Crippen LogP contribution is 2.26. The van der Waals surface area contributed by atoms with Crippen LogP contribution in [0.5, 0.6) is 0 Å². The molecule has 1 aromatic rings. The van der Waals surface area contributed by atoms with E-state index in [4.69, 9.17) is 10.8 Å². The van der Waals surface area contributed by atoms with Crippen LogP contribution in [-0.2, 0) is 11.3 Å². The van der Waals surface area contributed by atoms with Crippen molar-refractivity contribution in [2.45, 2.75) is 38.3 Å². The van der Waals surface area contributed by atoms with Crippen molar-refractivity contribution >= 4 is 11.6 Å². The van der Waals surface area contributed by atoms with E-state index in [1.165, 1.54) is 12.8 Å². The zero-order valence-corrected chi connectivity index (χ0v) is 12.4. The van der Waals surface area contributed by atoms with Gasteiger partial charge in [0.05, 0.1) is 6.61 Å². The monoisotopic (exact) mass is 291 g/mol. The number of carbonyl (C=O) groups excluding carboxylic acids is 1. The Hall–Kier alpha value is -1.43. The van der Waals surface area contributed by atoms with Crippen LogP contribution >= 0.6 is 0 Å². The van der Waals surface area contributed by atoms with E-state index in [9.17, 15) is 4.79 Å². The summed E-state index contributed by atoms with van der Waals surface area (Å²) in [6.07, 6.45) is 3.74. The Balaban J connectivity index is 1.74. The predicted molar refractivity (Wildman–Crippen MR) is 83.9 cm³/mol. The van der Waals surface area contributed by atoms with Crippen molar-refractivity contribution < 1.29 is 9.90 Å². The molecule has 0 bridgehead atoms. The van der Waals surface area contributed by atoms with Crippen molar-refractivity contribution in [2.75, 3.05) is 25.0 Å². The summed E-state index contributed by atoms with van der Waals surface area (Å²) in [4.78, 5) is 14.3. The predicted octanol–water partition coefficient (Wildman–Crippen LogP) is 1.32. The molecule has 1 saturated carbocycles. The second-order valence-corrected chi connectivity index (χ2v) is 5.50. The van der Waals surface area contributed by atoms with E-state index in [0.717, 1.165) is 24.2 Å². The highest BCUT2D eigenvalue weighted by Gasteiger charge is 2.27. The number of nitrogens with two attached hydrogens (primary N) is 1. The topological polar surface area (TPSA) is 78.6 Å². The molecule has 0 aromatic heterocycles. The van der Waals surface area contributed by atoms with E-state index in [1.807, 2.05) is 24.3 Å². The zero-order chi connectivity index (χ0) is 15.1. The molecule has 1 aliphatic rings. The lowest BCUT2D eigenvalue weighted by atomic mass is 10.1. The number of hydrogen-bond acceptors (Lipinski definition) is 4. The fourth-order valence-corrected chi connectivity index (χ4v) is 2.52. The largest absolute Gasteiger partial charge is 0.395 e. The summed E-state index contributed by atoms with van der Waals surface area (Å²) in [5, 5.41) is 12.0. The first kappa shape index (κ1) is 15.9. The third-order valence-electron chi connectivity index (χ3n) is 3.81. The fourth-order valence-electron chi connectivity index (χ4n) is 2.52. The van der Waals surface area contributed by atoms with Gasteiger partial charge in [-0.25, -0.2) is 0 Å². The average Bonchev–Trinajstić information content (AvgIpc) is 3.31. The highest BCUT2D eigenvalue weighted by atomic mass is 16.3. The number of carbonyl (C=O) groups is 1. The van der Waals surface area contributed by atoms with Crippen LogP contribution in [0.3, 0.4) is 0 Å². The van der Waals surface area contributed by atoms with Gasteiger partial charge in [-0.1, -0.05) is 18.2 Å². The lowest BCUT2D eigenvalue weighted by molar-refractivity contribution is -0.116. The number of benzene rings is 1. The lowest BCUT2D eigenvalue weighted by Gasteiger charge is -2.20. The normalized spacial score (nSPS) is 14.4. The molecule has 1 aliphatic carbocycles. The van der Waals surface area contributed by atoms with E-state index in [-0.39, 0.29) is 12.5 Å². The minimum atomic E-state index is 0.0237. The van der Waals surface area contributed by atoms with Gasteiger partial charge in [0.1, 0.15) is 0 Å². The second-order valence-electron chi connectivity index (χ2n) is 5.50. The molecule has 21 heavy (non-hydrogen) atoms. The highest BCUT2D eigenvalue weighted by molar-refractivity contribution is 5.91. The number of nitrogens with zero attached hydrogens (tertiary/aromatic N) is 1. The number of nitrogens with one attached hydrogen (secondary N) is 1. The average molecular weight is 291 g/mol. The Morgan fingerprint density at radius 3 is 2.76 bits per heavy atom. The van der Waals surface area contributed by atoms with E-state index in [0.29, 0.717) is 25.6 Å². The zero-order valence-electron chi connectivity index (χ0n) is 12.4. The van der Waals surface area contributed by atoms with Crippen molar-refractivity contribution in [3.63, 3.8) is 0 Å². The van der Waals surface area contributed by atoms with Crippen LogP contribution in [0.25, 0.3) is 0 Å². The van der Waals surface area contributed by atoms with Crippen molar-refractivity contribution in [2.24, 2.45) is 5.73 Å². The van der Waals surface area contributed by atoms with E-state index in [1.54, 1.807) is 0 Å². The number of amides is 1. The molecule has 1 aromatic carbocycles. The van der Waals surface area contributed by atoms with Crippen LogP contribution < -0.4 is 11.1 Å². The summed E-state index contributed by atoms with van der Waals surface area (Å²) in [5.74, 6) is 0.0237. The smallest absolute Gasteiger partial charge is 0.224 e. The molecular weight excluding hydrogens is 266 g/mol. The van der Waals surface area contributed by atoms with Crippen molar-refractivity contribution in [3.8, 4) is 0 Å². The first-order valence-corrected chi connectivity index (χ1v) is 7.67. The Bertz CT molecular complexity index is 461. The molecule has 5 nitrogen and oxygen atoms in total. The summed E-state index contributed by atoms with van der Waals surface area (Å²) in [6, 6.07) is 8.23. The summed E-state index contributed by atoms with van der Waals surface area (Å²) in [7, 11) is 0. The molecule has 1 fully saturated rings. The molecule has 1 amide bonds. The van der Waals surface area contributed by atoms with E-state index in [2.05, 4.69) is 10.2 Å². The SMILES string of the molecule is NCc1ccccc1NC(=O)CCCN(CCO)C1CC1. The lowest BCUT2D eigenvalue weighted by Crippen LogP contribution is -2.30. The Morgan fingerprint density at radius 2 is 2.10 bits per heavy atom. The molecule has 4 N–H and O–H groups in total. The van der Waals surface area contributed by atoms with Gasteiger partial charge >= 0.3 is 0 Å². The standard InChI is InChI=1S/C16H25N3O2/c17-12-13-4-1-2-5-15(13)18-16(21)6-3-9-19(10-11-20)14-7-8-14/h1-2,4-5,14,20H,3,6-12,17H2,(H,18,21). The second kappa shape index (κ2) is 8.12. The Morgan fingerprint density at radius 1 is 1.33 bits per heavy atom. The maximum Gasteiger partial charge on any atom is 0.224 e. The van der Waals surface area contributed by atoms with Gasteiger partial charge < -0.3 is 16.2 Å². The summed E-state index contributed by atoms with van der Waals surface area (Å²) < 4.78 is 0. The number of aliphatic hydroxyl groups excluding tert-OH is 1. The molecule has 0 spiro atoms. The van der Waals surface area contributed by atoms with Gasteiger partial charge in [-0.15, -0.1) is 0 Å². The van der Waals surface area contributed by atoms with Crippen LogP contribution in [0.2, 0.25) is 0 Å². The van der Waals surface area contributed by atoms with Crippen LogP contribution in [0.4, 0.5) is 5.69 Å². The number of anilines is 1. The molecule has 0 unspecified atom stereocenters. The molecular formula is C16H25N3O2. The van der Waals surface area contributed by atoms with Gasteiger partial charge in [-0.2, -0.15) is 0 Å². The van der Waals surface area contributed by atoms with Gasteiger partial charge in [0.15, 0.2) is 0 Å². The Labute approximate surface area is 126 Å². The number of rotatable bonds is 9. The number of para-hydroxylation sites is 1. The molecule has 0 aliphatic heterocycles. The van der Waals surface area contributed by atoms with Gasteiger partial charge in [0.2, 0.25) is 5.91 Å². The van der Waals surface area contributed by atoms with E-state index >= 15 is 0 Å². The minimum Gasteiger partial charge on any atom is -0.395 e. The van der Waals surface area contributed by atoms with Crippen LogP contribution in [0.15, 0.2) is 24.3 Å². The van der Waals surface area contributed by atoms with Crippen molar-refractivity contribution in [3.05, 3.63) is 29.8 Å². The number of hydrogen-bond donors (Lipinski definition) is 3. The molecule has 0 heterocycles. The van der Waals surface area contributed by atoms with Crippen molar-refractivity contribution in [1.29, 1.82) is 0 Å². The van der Waals surface area contributed by atoms with Crippen LogP contribution in [-0.4, -0.2) is 41.7 Å². The van der Waals surface area contributed by atoms with Crippen molar-refractivity contribution in [1.82, 2.24) is 4.90 Å². The van der Waals surface area contributed by atoms with Crippen LogP contribution in [0.1, 0.15) is 31.2 Å². The Kier molecular flexibility index (Phi) is 6.17. The fraction of sp³-hybridized carbons (Fsp3) is 0.562. The minimum absolute atomic E-state index is 0.0237. The van der Waals surface area contributed by atoms with Gasteiger partial charge in [-0.3, -0.25) is 9.69 Å². The third kappa shape index (κ3) is 5.12. The summed E-state index contributed by atoms with van der Waals surface area (Å²) in [6.45, 7) is 2.19. The van der Waals surface area contributed by atoms with Crippen LogP contribution in [0, 0.1) is 0 Å². The molecule has 0 radical (unpaired) electrons. The summed E-state index contributed by atoms with van der Waals surface area (Å²) in [5.41, 5.74) is 7.41. The van der Waals surface area contributed by atoms with Gasteiger partial charge in [0, 0.05) is 31.2 Å². The molecule has 116 valence electrons. The quantitative estimate of drug-likeness (QED) is 0.641. The first-order chi connectivity index (χ1) is 10.2. The van der Waals surface area contributed by atoms with E-state index < -0.39 is 0 Å². The van der Waals surface area contributed by atoms with Gasteiger partial charge in [-0.05, 0) is 37.4 Å². The molecule has 2 rings (SSSR count). The molecule has 0 atom stereocenters.